The zero-order valence-electron chi connectivity index (χ0n) is 15.6. The molecule has 6 heteroatoms. The third-order valence-corrected chi connectivity index (χ3v) is 7.93. The van der Waals surface area contributed by atoms with Crippen LogP contribution in [0.25, 0.3) is 0 Å². The Morgan fingerprint density at radius 1 is 1.15 bits per heavy atom. The van der Waals surface area contributed by atoms with Crippen molar-refractivity contribution in [1.29, 1.82) is 0 Å². The Morgan fingerprint density at radius 3 is 2.69 bits per heavy atom. The summed E-state index contributed by atoms with van der Waals surface area (Å²) < 4.78 is 38.3. The Hall–Kier alpha value is -1.27. The molecule has 0 saturated carbocycles. The van der Waals surface area contributed by atoms with E-state index in [0.29, 0.717) is 24.8 Å². The van der Waals surface area contributed by atoms with Gasteiger partial charge in [-0.2, -0.15) is 0 Å². The number of hydrogen-bond acceptors (Lipinski definition) is 4. The van der Waals surface area contributed by atoms with Gasteiger partial charge in [0.2, 0.25) is 10.0 Å². The molecule has 3 heterocycles. The van der Waals surface area contributed by atoms with Crippen LogP contribution in [0.4, 0.5) is 0 Å². The van der Waals surface area contributed by atoms with E-state index in [0.717, 1.165) is 69.7 Å². The van der Waals surface area contributed by atoms with Crippen molar-refractivity contribution in [3.8, 4) is 11.5 Å². The molecular formula is C20H29NO4S. The molecule has 1 fully saturated rings. The van der Waals surface area contributed by atoms with E-state index in [4.69, 9.17) is 9.47 Å². The van der Waals surface area contributed by atoms with Crippen LogP contribution in [-0.2, 0) is 29.3 Å². The summed E-state index contributed by atoms with van der Waals surface area (Å²) in [5, 5.41) is 0. The summed E-state index contributed by atoms with van der Waals surface area (Å²) in [5.41, 5.74) is 3.93. The fourth-order valence-electron chi connectivity index (χ4n) is 4.44. The normalized spacial score (nSPS) is 20.5. The Bertz CT molecular complexity index is 734. The number of piperidine rings is 1. The van der Waals surface area contributed by atoms with Crippen LogP contribution in [-0.4, -0.2) is 44.8 Å². The van der Waals surface area contributed by atoms with E-state index in [1.165, 1.54) is 16.7 Å². The predicted octanol–water partition coefficient (Wildman–Crippen LogP) is 2.94. The van der Waals surface area contributed by atoms with Crippen molar-refractivity contribution in [2.24, 2.45) is 5.92 Å². The molecule has 0 radical (unpaired) electrons. The van der Waals surface area contributed by atoms with Crippen molar-refractivity contribution in [2.75, 3.05) is 32.1 Å². The molecule has 3 aliphatic rings. The average molecular weight is 380 g/mol. The second-order valence-corrected chi connectivity index (χ2v) is 9.82. The van der Waals surface area contributed by atoms with Crippen molar-refractivity contribution in [3.63, 3.8) is 0 Å². The summed E-state index contributed by atoms with van der Waals surface area (Å²) in [6.07, 6.45) is 6.45. The minimum absolute atomic E-state index is 0.291. The van der Waals surface area contributed by atoms with E-state index >= 15 is 0 Å². The number of sulfonamides is 1. The van der Waals surface area contributed by atoms with Gasteiger partial charge in [0.25, 0.3) is 0 Å². The highest BCUT2D eigenvalue weighted by molar-refractivity contribution is 7.89. The molecule has 0 aliphatic carbocycles. The molecule has 0 aromatic heterocycles. The lowest BCUT2D eigenvalue weighted by Crippen LogP contribution is -2.40. The molecule has 5 nitrogen and oxygen atoms in total. The molecule has 1 saturated heterocycles. The van der Waals surface area contributed by atoms with E-state index in [-0.39, 0.29) is 0 Å². The molecule has 0 bridgehead atoms. The topological polar surface area (TPSA) is 55.8 Å². The van der Waals surface area contributed by atoms with Gasteiger partial charge >= 0.3 is 0 Å². The molecule has 1 aromatic carbocycles. The Kier molecular flexibility index (Phi) is 5.15. The monoisotopic (exact) mass is 379 g/mol. The number of rotatable bonds is 6. The first-order chi connectivity index (χ1) is 12.6. The maximum atomic E-state index is 12.4. The quantitative estimate of drug-likeness (QED) is 0.763. The lowest BCUT2D eigenvalue weighted by molar-refractivity contribution is 0.269. The second kappa shape index (κ2) is 7.39. The molecule has 3 aliphatic heterocycles. The predicted molar refractivity (Wildman–Crippen MR) is 102 cm³/mol. The van der Waals surface area contributed by atoms with Crippen LogP contribution in [0, 0.1) is 5.92 Å². The van der Waals surface area contributed by atoms with Crippen LogP contribution < -0.4 is 9.47 Å². The molecule has 1 aromatic rings. The molecule has 0 unspecified atom stereocenters. The van der Waals surface area contributed by atoms with Crippen molar-refractivity contribution in [3.05, 3.63) is 22.8 Å². The van der Waals surface area contributed by atoms with Gasteiger partial charge in [-0.15, -0.1) is 0 Å². The first-order valence-corrected chi connectivity index (χ1v) is 11.6. The van der Waals surface area contributed by atoms with Crippen LogP contribution in [0.3, 0.4) is 0 Å². The van der Waals surface area contributed by atoms with Gasteiger partial charge in [0.15, 0.2) is 0 Å². The largest absolute Gasteiger partial charge is 0.493 e. The van der Waals surface area contributed by atoms with Crippen LogP contribution in [0.5, 0.6) is 11.5 Å². The Labute approximate surface area is 156 Å². The van der Waals surface area contributed by atoms with Crippen molar-refractivity contribution >= 4 is 10.0 Å². The van der Waals surface area contributed by atoms with E-state index < -0.39 is 10.0 Å². The summed E-state index contributed by atoms with van der Waals surface area (Å²) in [6, 6.07) is 2.16. The number of fused-ring (bicyclic) bond motifs is 2. The molecule has 4 rings (SSSR count). The summed E-state index contributed by atoms with van der Waals surface area (Å²) in [4.78, 5) is 0. The first kappa shape index (κ1) is 18.1. The SMILES string of the molecule is CCCCS(=O)(=O)N1CCC(Cc2c3c(cc4c2OCC4)OCC3)CC1. The molecule has 0 N–H and O–H groups in total. The van der Waals surface area contributed by atoms with Crippen LogP contribution >= 0.6 is 0 Å². The first-order valence-electron chi connectivity index (χ1n) is 9.99. The van der Waals surface area contributed by atoms with Crippen LogP contribution in [0.15, 0.2) is 6.07 Å². The second-order valence-electron chi connectivity index (χ2n) is 7.73. The number of unbranched alkanes of at least 4 members (excludes halogenated alkanes) is 1. The summed E-state index contributed by atoms with van der Waals surface area (Å²) in [7, 11) is -3.07. The van der Waals surface area contributed by atoms with Crippen molar-refractivity contribution in [2.45, 2.75) is 51.9 Å². The lowest BCUT2D eigenvalue weighted by Gasteiger charge is -2.31. The maximum Gasteiger partial charge on any atom is 0.214 e. The zero-order chi connectivity index (χ0) is 18.1. The zero-order valence-corrected chi connectivity index (χ0v) is 16.4. The Balaban J connectivity index is 1.45. The third kappa shape index (κ3) is 3.46. The highest BCUT2D eigenvalue weighted by Crippen LogP contribution is 2.42. The molecule has 0 amide bonds. The van der Waals surface area contributed by atoms with Gasteiger partial charge < -0.3 is 9.47 Å². The van der Waals surface area contributed by atoms with E-state index in [1.807, 2.05) is 6.92 Å². The minimum Gasteiger partial charge on any atom is -0.493 e. The fourth-order valence-corrected chi connectivity index (χ4v) is 6.12. The van der Waals surface area contributed by atoms with Crippen LogP contribution in [0.2, 0.25) is 0 Å². The smallest absolute Gasteiger partial charge is 0.214 e. The highest BCUT2D eigenvalue weighted by Gasteiger charge is 2.31. The van der Waals surface area contributed by atoms with Gasteiger partial charge in [0, 0.05) is 42.6 Å². The third-order valence-electron chi connectivity index (χ3n) is 5.98. The molecule has 0 spiro atoms. The Morgan fingerprint density at radius 2 is 1.92 bits per heavy atom. The number of benzene rings is 1. The van der Waals surface area contributed by atoms with Crippen LogP contribution in [0.1, 0.15) is 49.3 Å². The van der Waals surface area contributed by atoms with E-state index in [1.54, 1.807) is 4.31 Å². The maximum absolute atomic E-state index is 12.4. The summed E-state index contributed by atoms with van der Waals surface area (Å²) in [6.45, 7) is 4.87. The fraction of sp³-hybridized carbons (Fsp3) is 0.700. The molecular weight excluding hydrogens is 350 g/mol. The highest BCUT2D eigenvalue weighted by atomic mass is 32.2. The van der Waals surface area contributed by atoms with Gasteiger partial charge in [-0.1, -0.05) is 13.3 Å². The molecule has 144 valence electrons. The van der Waals surface area contributed by atoms with Gasteiger partial charge in [-0.25, -0.2) is 12.7 Å². The van der Waals surface area contributed by atoms with Gasteiger partial charge in [0.05, 0.1) is 19.0 Å². The number of hydrogen-bond donors (Lipinski definition) is 0. The standard InChI is InChI=1S/C20H29NO4S/c1-2-3-12-26(22,23)21-8-4-15(5-9-21)13-18-17-7-11-24-19(17)14-16-6-10-25-20(16)18/h14-15H,2-13H2,1H3. The lowest BCUT2D eigenvalue weighted by atomic mass is 9.87. The molecule has 0 atom stereocenters. The summed E-state index contributed by atoms with van der Waals surface area (Å²) >= 11 is 0. The average Bonchev–Trinajstić information content (AvgIpc) is 3.29. The van der Waals surface area contributed by atoms with E-state index in [9.17, 15) is 8.42 Å². The van der Waals surface area contributed by atoms with Crippen molar-refractivity contribution < 1.29 is 17.9 Å². The minimum atomic E-state index is -3.07. The van der Waals surface area contributed by atoms with E-state index in [2.05, 4.69) is 6.07 Å². The molecule has 26 heavy (non-hydrogen) atoms. The van der Waals surface area contributed by atoms with Gasteiger partial charge in [0.1, 0.15) is 11.5 Å². The number of ether oxygens (including phenoxy) is 2. The number of nitrogens with zero attached hydrogens (tertiary/aromatic N) is 1. The van der Waals surface area contributed by atoms with Gasteiger partial charge in [-0.05, 0) is 37.7 Å². The van der Waals surface area contributed by atoms with Crippen molar-refractivity contribution in [1.82, 2.24) is 4.31 Å². The van der Waals surface area contributed by atoms with Gasteiger partial charge in [-0.3, -0.25) is 0 Å². The summed E-state index contributed by atoms with van der Waals surface area (Å²) in [5.74, 6) is 2.95.